The third-order valence-electron chi connectivity index (χ3n) is 4.39. The van der Waals surface area contributed by atoms with E-state index < -0.39 is 20.8 Å². The second-order valence-corrected chi connectivity index (χ2v) is 9.77. The number of rotatable bonds is 3. The molecule has 0 aromatic heterocycles. The summed E-state index contributed by atoms with van der Waals surface area (Å²) >= 11 is -0.826. The molecule has 2 rings (SSSR count). The topological polar surface area (TPSA) is 3.24 Å². The number of hydrogen-bond acceptors (Lipinski definition) is 1. The zero-order valence-electron chi connectivity index (χ0n) is 15.4. The maximum atomic E-state index is 4.93. The molecule has 0 aromatic rings. The monoisotopic (exact) mass is 431 g/mol. The molecule has 0 saturated heterocycles. The Labute approximate surface area is 164 Å². The molecule has 0 amide bonds. The first kappa shape index (κ1) is 24.4. The first-order chi connectivity index (χ1) is 10.8. The van der Waals surface area contributed by atoms with Gasteiger partial charge in [0.15, 0.2) is 0 Å². The SMILES string of the molecule is CN(C)CC[C]1[CH][CH][CH][CH]1.C[C]1[C](C)[C](C)[C](C)[C]1C.[Cl][Zr+2][Cl]. The van der Waals surface area contributed by atoms with E-state index in [4.69, 9.17) is 17.0 Å². The van der Waals surface area contributed by atoms with Crippen LogP contribution in [0.5, 0.6) is 0 Å². The predicted molar refractivity (Wildman–Crippen MR) is 99.9 cm³/mol. The molecule has 1 nitrogen and oxygen atoms in total. The van der Waals surface area contributed by atoms with Crippen LogP contribution in [0.2, 0.25) is 0 Å². The zero-order valence-corrected chi connectivity index (χ0v) is 19.4. The van der Waals surface area contributed by atoms with Gasteiger partial charge in [-0.05, 0) is 88.3 Å². The Balaban J connectivity index is 0.000000360. The molecule has 2 saturated carbocycles. The molecule has 0 atom stereocenters. The molecule has 23 heavy (non-hydrogen) atoms. The van der Waals surface area contributed by atoms with E-state index in [-0.39, 0.29) is 0 Å². The quantitative estimate of drug-likeness (QED) is 0.553. The van der Waals surface area contributed by atoms with E-state index in [0.29, 0.717) is 0 Å². The average Bonchev–Trinajstić information content (AvgIpc) is 3.08. The molecular weight excluding hydrogens is 404 g/mol. The fraction of sp³-hybridized carbons (Fsp3) is 0.474. The van der Waals surface area contributed by atoms with Crippen LogP contribution >= 0.6 is 17.0 Å². The Bertz CT molecular complexity index is 238. The molecule has 0 bridgehead atoms. The van der Waals surface area contributed by atoms with Gasteiger partial charge in [-0.1, -0.05) is 34.6 Å². The van der Waals surface area contributed by atoms with Crippen molar-refractivity contribution in [2.45, 2.75) is 41.0 Å². The summed E-state index contributed by atoms with van der Waals surface area (Å²) in [7, 11) is 14.1. The molecule has 10 radical (unpaired) electrons. The number of halogens is 2. The van der Waals surface area contributed by atoms with Crippen molar-refractivity contribution in [3.63, 3.8) is 0 Å². The standard InChI is InChI=1S/C10H15.C9H14N.2ClH.Zr/c1-6-7(2)9(4)10(5)8(6)3;1-10(2)8-7-9-5-3-4-6-9;;;/h1-5H3;3-6H,7-8H2,1-2H3;2*1H;/q;;;;+4/p-2. The first-order valence-electron chi connectivity index (χ1n) is 7.77. The van der Waals surface area contributed by atoms with E-state index in [1.54, 1.807) is 0 Å². The Kier molecular flexibility index (Phi) is 14.4. The maximum absolute atomic E-state index is 4.93. The summed E-state index contributed by atoms with van der Waals surface area (Å²) in [4.78, 5) is 2.20. The van der Waals surface area contributed by atoms with Crippen molar-refractivity contribution in [1.82, 2.24) is 4.90 Å². The minimum absolute atomic E-state index is 0.826. The van der Waals surface area contributed by atoms with Crippen molar-refractivity contribution >= 4 is 17.0 Å². The molecule has 0 unspecified atom stereocenters. The van der Waals surface area contributed by atoms with Gasteiger partial charge in [-0.2, -0.15) is 0 Å². The van der Waals surface area contributed by atoms with Crippen LogP contribution in [-0.4, -0.2) is 25.5 Å². The van der Waals surface area contributed by atoms with Crippen molar-refractivity contribution in [2.75, 3.05) is 20.6 Å². The minimum atomic E-state index is -0.826. The van der Waals surface area contributed by atoms with Crippen molar-refractivity contribution in [3.05, 3.63) is 61.2 Å². The molecule has 2 fully saturated rings. The fourth-order valence-corrected chi connectivity index (χ4v) is 2.34. The van der Waals surface area contributed by atoms with Crippen LogP contribution in [0.1, 0.15) is 41.0 Å². The summed E-state index contributed by atoms with van der Waals surface area (Å²) in [6.07, 6.45) is 9.68. The number of nitrogens with zero attached hydrogens (tertiary/aromatic N) is 1. The van der Waals surface area contributed by atoms with Crippen LogP contribution in [0.15, 0.2) is 0 Å². The Morgan fingerprint density at radius 1 is 0.783 bits per heavy atom. The van der Waals surface area contributed by atoms with Crippen molar-refractivity contribution < 1.29 is 20.8 Å². The van der Waals surface area contributed by atoms with Gasteiger partial charge >= 0.3 is 37.9 Å². The van der Waals surface area contributed by atoms with E-state index in [2.05, 4.69) is 79.3 Å². The molecule has 2 aliphatic rings. The van der Waals surface area contributed by atoms with Crippen molar-refractivity contribution in [3.8, 4) is 0 Å². The molecule has 2 aliphatic carbocycles. The van der Waals surface area contributed by atoms with E-state index in [9.17, 15) is 0 Å². The van der Waals surface area contributed by atoms with Crippen molar-refractivity contribution in [1.29, 1.82) is 0 Å². The third-order valence-corrected chi connectivity index (χ3v) is 4.39. The van der Waals surface area contributed by atoms with E-state index in [1.165, 1.54) is 41.9 Å². The summed E-state index contributed by atoms with van der Waals surface area (Å²) in [5.74, 6) is 8.78. The molecule has 0 aliphatic heterocycles. The first-order valence-corrected chi connectivity index (χ1v) is 14.1. The van der Waals surface area contributed by atoms with Gasteiger partial charge in [0.05, 0.1) is 0 Å². The van der Waals surface area contributed by atoms with Crippen LogP contribution in [0.4, 0.5) is 0 Å². The average molecular weight is 434 g/mol. The van der Waals surface area contributed by atoms with Gasteiger partial charge in [-0.15, -0.1) is 0 Å². The Hall–Kier alpha value is 1.42. The van der Waals surface area contributed by atoms with Gasteiger partial charge in [0.25, 0.3) is 0 Å². The molecule has 0 aromatic carbocycles. The second kappa shape index (κ2) is 13.6. The fourth-order valence-electron chi connectivity index (χ4n) is 2.34. The summed E-state index contributed by atoms with van der Waals surface area (Å²) in [6.45, 7) is 12.1. The molecule has 0 N–H and O–H groups in total. The van der Waals surface area contributed by atoms with Gasteiger partial charge < -0.3 is 4.90 Å². The van der Waals surface area contributed by atoms with Crippen LogP contribution in [0, 0.1) is 61.2 Å². The van der Waals surface area contributed by atoms with Gasteiger partial charge in [0.1, 0.15) is 0 Å². The zero-order chi connectivity index (χ0) is 18.0. The third kappa shape index (κ3) is 9.62. The molecule has 0 heterocycles. The van der Waals surface area contributed by atoms with Crippen LogP contribution < -0.4 is 0 Å². The van der Waals surface area contributed by atoms with Gasteiger partial charge in [-0.3, -0.25) is 0 Å². The molecule has 0 spiro atoms. The normalized spacial score (nSPS) is 21.8. The Morgan fingerprint density at radius 3 is 1.35 bits per heavy atom. The van der Waals surface area contributed by atoms with Crippen LogP contribution in [-0.2, 0) is 20.8 Å². The Morgan fingerprint density at radius 2 is 1.09 bits per heavy atom. The van der Waals surface area contributed by atoms with E-state index >= 15 is 0 Å². The summed E-state index contributed by atoms with van der Waals surface area (Å²) in [5, 5.41) is 0. The molecule has 4 heteroatoms. The molecule has 126 valence electrons. The van der Waals surface area contributed by atoms with Gasteiger partial charge in [0.2, 0.25) is 0 Å². The second-order valence-electron chi connectivity index (χ2n) is 6.04. The predicted octanol–water partition coefficient (Wildman–Crippen LogP) is 5.69. The van der Waals surface area contributed by atoms with Crippen LogP contribution in [0.25, 0.3) is 0 Å². The number of hydrogen-bond donors (Lipinski definition) is 0. The van der Waals surface area contributed by atoms with E-state index in [1.807, 2.05) is 0 Å². The van der Waals surface area contributed by atoms with Gasteiger partial charge in [-0.25, -0.2) is 0 Å². The van der Waals surface area contributed by atoms with Crippen LogP contribution in [0.3, 0.4) is 0 Å². The molecular formula is C19H29Cl2NZr+2. The van der Waals surface area contributed by atoms with E-state index in [0.717, 1.165) is 6.54 Å². The summed E-state index contributed by atoms with van der Waals surface area (Å²) in [6, 6.07) is 0. The van der Waals surface area contributed by atoms with Gasteiger partial charge in [0, 0.05) is 0 Å². The summed E-state index contributed by atoms with van der Waals surface area (Å²) < 4.78 is 0. The van der Waals surface area contributed by atoms with Crippen molar-refractivity contribution in [2.24, 2.45) is 0 Å². The summed E-state index contributed by atoms with van der Waals surface area (Å²) in [5.41, 5.74) is 0.